The number of benzene rings is 2. The molecule has 0 aliphatic heterocycles. The third kappa shape index (κ3) is 4.46. The van der Waals surface area contributed by atoms with E-state index in [2.05, 4.69) is 20.9 Å². The Balaban J connectivity index is 2.17. The average molecular weight is 497 g/mol. The lowest BCUT2D eigenvalue weighted by molar-refractivity contribution is 0.409. The van der Waals surface area contributed by atoms with Gasteiger partial charge in [0.25, 0.3) is 10.0 Å². The summed E-state index contributed by atoms with van der Waals surface area (Å²) >= 11 is 3.20. The summed E-state index contributed by atoms with van der Waals surface area (Å²) in [5.41, 5.74) is 2.03. The van der Waals surface area contributed by atoms with Crippen LogP contribution in [0.15, 0.2) is 58.0 Å². The number of hydrogen-bond donors (Lipinski definition) is 0. The van der Waals surface area contributed by atoms with Gasteiger partial charge in [-0.1, -0.05) is 28.1 Å². The van der Waals surface area contributed by atoms with Gasteiger partial charge in [-0.2, -0.15) is 0 Å². The SMILES string of the molecule is COc1cc(C)ccc1CN(c1ccc(F)cn1)S(=O)(=O)c1cc(C)c(Br)cc1F. The summed E-state index contributed by atoms with van der Waals surface area (Å²) in [4.78, 5) is 3.41. The molecule has 5 nitrogen and oxygen atoms in total. The van der Waals surface area contributed by atoms with Crippen LogP contribution in [0.3, 0.4) is 0 Å². The van der Waals surface area contributed by atoms with Gasteiger partial charge >= 0.3 is 0 Å². The van der Waals surface area contributed by atoms with Crippen molar-refractivity contribution in [2.45, 2.75) is 25.3 Å². The van der Waals surface area contributed by atoms with Crippen LogP contribution in [0, 0.1) is 25.5 Å². The van der Waals surface area contributed by atoms with Crippen LogP contribution in [0.1, 0.15) is 16.7 Å². The van der Waals surface area contributed by atoms with Crippen LogP contribution in [0.4, 0.5) is 14.6 Å². The van der Waals surface area contributed by atoms with Crippen LogP contribution in [-0.2, 0) is 16.6 Å². The normalized spacial score (nSPS) is 11.4. The smallest absolute Gasteiger partial charge is 0.268 e. The fourth-order valence-corrected chi connectivity index (χ4v) is 4.74. The van der Waals surface area contributed by atoms with E-state index in [1.54, 1.807) is 19.1 Å². The van der Waals surface area contributed by atoms with Crippen molar-refractivity contribution in [3.63, 3.8) is 0 Å². The molecule has 3 aromatic rings. The molecule has 1 aromatic heterocycles. The Morgan fingerprint density at radius 2 is 1.83 bits per heavy atom. The average Bonchev–Trinajstić information content (AvgIpc) is 2.70. The summed E-state index contributed by atoms with van der Waals surface area (Å²) in [5.74, 6) is -1.09. The molecular weight excluding hydrogens is 478 g/mol. The molecule has 0 bridgehead atoms. The molecule has 2 aromatic carbocycles. The number of halogens is 3. The van der Waals surface area contributed by atoms with Crippen molar-refractivity contribution in [3.05, 3.63) is 81.5 Å². The van der Waals surface area contributed by atoms with Gasteiger partial charge in [-0.05, 0) is 55.3 Å². The zero-order valence-electron chi connectivity index (χ0n) is 16.5. The van der Waals surface area contributed by atoms with E-state index in [0.717, 1.165) is 28.2 Å². The van der Waals surface area contributed by atoms with Crippen molar-refractivity contribution in [1.82, 2.24) is 4.98 Å². The number of ether oxygens (including phenoxy) is 1. The molecule has 0 saturated carbocycles. The number of aromatic nitrogens is 1. The number of sulfonamides is 1. The third-order valence-electron chi connectivity index (χ3n) is 4.51. The summed E-state index contributed by atoms with van der Waals surface area (Å²) in [5, 5.41) is 0. The lowest BCUT2D eigenvalue weighted by Gasteiger charge is -2.25. The number of pyridine rings is 1. The van der Waals surface area contributed by atoms with Crippen LogP contribution in [0.2, 0.25) is 0 Å². The molecule has 0 N–H and O–H groups in total. The highest BCUT2D eigenvalue weighted by atomic mass is 79.9. The van der Waals surface area contributed by atoms with Crippen LogP contribution in [-0.4, -0.2) is 20.5 Å². The summed E-state index contributed by atoms with van der Waals surface area (Å²) in [6, 6.07) is 9.98. The molecule has 1 heterocycles. The Morgan fingerprint density at radius 1 is 1.10 bits per heavy atom. The van der Waals surface area contributed by atoms with E-state index < -0.39 is 26.6 Å². The van der Waals surface area contributed by atoms with Crippen molar-refractivity contribution in [2.75, 3.05) is 11.4 Å². The molecule has 0 atom stereocenters. The predicted octanol–water partition coefficient (Wildman–Crippen LogP) is 5.14. The number of rotatable bonds is 6. The monoisotopic (exact) mass is 496 g/mol. The van der Waals surface area contributed by atoms with E-state index >= 15 is 0 Å². The van der Waals surface area contributed by atoms with Crippen LogP contribution < -0.4 is 9.04 Å². The van der Waals surface area contributed by atoms with Gasteiger partial charge in [-0.25, -0.2) is 26.5 Å². The summed E-state index contributed by atoms with van der Waals surface area (Å²) in [6.45, 7) is 3.35. The van der Waals surface area contributed by atoms with E-state index in [1.807, 2.05) is 13.0 Å². The molecule has 30 heavy (non-hydrogen) atoms. The Kier molecular flexibility index (Phi) is 6.42. The molecule has 0 radical (unpaired) electrons. The standard InChI is InChI=1S/C21H19BrF2N2O3S/c1-13-4-5-15(19(8-13)29-3)12-26(21-7-6-16(23)11-25-21)30(27,28)20-9-14(2)17(22)10-18(20)24/h4-11H,12H2,1-3H3. The maximum absolute atomic E-state index is 14.7. The number of anilines is 1. The third-order valence-corrected chi connectivity index (χ3v) is 7.12. The minimum absolute atomic E-state index is 0.0426. The van der Waals surface area contributed by atoms with E-state index in [-0.39, 0.29) is 12.4 Å². The number of methoxy groups -OCH3 is 1. The largest absolute Gasteiger partial charge is 0.496 e. The second kappa shape index (κ2) is 8.69. The van der Waals surface area contributed by atoms with Crippen molar-refractivity contribution in [2.24, 2.45) is 0 Å². The van der Waals surface area contributed by atoms with Gasteiger partial charge in [0.05, 0.1) is 19.9 Å². The van der Waals surface area contributed by atoms with Gasteiger partial charge in [0.15, 0.2) is 0 Å². The number of aryl methyl sites for hydroxylation is 2. The quantitative estimate of drug-likeness (QED) is 0.473. The first-order valence-electron chi connectivity index (χ1n) is 8.87. The fourth-order valence-electron chi connectivity index (χ4n) is 2.89. The highest BCUT2D eigenvalue weighted by Crippen LogP contribution is 2.31. The van der Waals surface area contributed by atoms with Crippen molar-refractivity contribution in [3.8, 4) is 5.75 Å². The number of hydrogen-bond acceptors (Lipinski definition) is 4. The van der Waals surface area contributed by atoms with Gasteiger partial charge in [0.1, 0.15) is 28.1 Å². The first-order valence-corrected chi connectivity index (χ1v) is 11.1. The van der Waals surface area contributed by atoms with Gasteiger partial charge in [-0.15, -0.1) is 0 Å². The molecule has 0 spiro atoms. The minimum atomic E-state index is -4.37. The lowest BCUT2D eigenvalue weighted by Crippen LogP contribution is -2.32. The Hall–Kier alpha value is -2.52. The predicted molar refractivity (Wildman–Crippen MR) is 114 cm³/mol. The lowest BCUT2D eigenvalue weighted by atomic mass is 10.1. The summed E-state index contributed by atoms with van der Waals surface area (Å²) < 4.78 is 61.8. The van der Waals surface area contributed by atoms with Gasteiger partial charge in [0.2, 0.25) is 0 Å². The molecule has 9 heteroatoms. The van der Waals surface area contributed by atoms with E-state index in [9.17, 15) is 17.2 Å². The van der Waals surface area contributed by atoms with Crippen LogP contribution in [0.25, 0.3) is 0 Å². The first-order chi connectivity index (χ1) is 14.1. The molecule has 3 rings (SSSR count). The van der Waals surface area contributed by atoms with Crippen molar-refractivity contribution in [1.29, 1.82) is 0 Å². The topological polar surface area (TPSA) is 59.5 Å². The zero-order valence-corrected chi connectivity index (χ0v) is 18.9. The second-order valence-electron chi connectivity index (χ2n) is 6.69. The maximum atomic E-state index is 14.7. The van der Waals surface area contributed by atoms with E-state index in [4.69, 9.17) is 4.74 Å². The fraction of sp³-hybridized carbons (Fsp3) is 0.190. The zero-order chi connectivity index (χ0) is 22.1. The summed E-state index contributed by atoms with van der Waals surface area (Å²) in [7, 11) is -2.90. The molecule has 158 valence electrons. The summed E-state index contributed by atoms with van der Waals surface area (Å²) in [6.07, 6.45) is 0.910. The molecule has 0 unspecified atom stereocenters. The minimum Gasteiger partial charge on any atom is -0.496 e. The Bertz CT molecular complexity index is 1190. The molecule has 0 aliphatic rings. The molecule has 0 fully saturated rings. The molecular formula is C21H19BrF2N2O3S. The first kappa shape index (κ1) is 22.2. The van der Waals surface area contributed by atoms with Crippen LogP contribution >= 0.6 is 15.9 Å². The van der Waals surface area contributed by atoms with Gasteiger partial charge in [0, 0.05) is 10.0 Å². The van der Waals surface area contributed by atoms with Crippen molar-refractivity contribution >= 4 is 31.8 Å². The van der Waals surface area contributed by atoms with Gasteiger partial charge < -0.3 is 4.74 Å². The van der Waals surface area contributed by atoms with Crippen LogP contribution in [0.5, 0.6) is 5.75 Å². The molecule has 0 saturated heterocycles. The highest BCUT2D eigenvalue weighted by Gasteiger charge is 2.30. The van der Waals surface area contributed by atoms with Gasteiger partial charge in [-0.3, -0.25) is 0 Å². The molecule has 0 amide bonds. The molecule has 0 aliphatic carbocycles. The van der Waals surface area contributed by atoms with Crippen molar-refractivity contribution < 1.29 is 21.9 Å². The highest BCUT2D eigenvalue weighted by molar-refractivity contribution is 9.10. The maximum Gasteiger partial charge on any atom is 0.268 e. The number of nitrogens with zero attached hydrogens (tertiary/aromatic N) is 2. The second-order valence-corrected chi connectivity index (χ2v) is 9.38. The Labute approximate surface area is 182 Å². The van der Waals surface area contributed by atoms with E-state index in [1.165, 1.54) is 19.2 Å². The Morgan fingerprint density at radius 3 is 2.47 bits per heavy atom. The van der Waals surface area contributed by atoms with E-state index in [0.29, 0.717) is 21.3 Å².